The molecule has 1 aliphatic carbocycles. The third kappa shape index (κ3) is 3.49. The zero-order valence-corrected chi connectivity index (χ0v) is 16.7. The number of hydrogen-bond acceptors (Lipinski definition) is 5. The number of para-hydroxylation sites is 1. The largest absolute Gasteiger partial charge is 0.368 e. The summed E-state index contributed by atoms with van der Waals surface area (Å²) in [4.78, 5) is 31.9. The number of rotatable bonds is 3. The van der Waals surface area contributed by atoms with E-state index in [1.165, 1.54) is 11.3 Å². The van der Waals surface area contributed by atoms with Crippen molar-refractivity contribution in [3.05, 3.63) is 29.8 Å². The highest BCUT2D eigenvalue weighted by Crippen LogP contribution is 2.54. The lowest BCUT2D eigenvalue weighted by molar-refractivity contribution is -0.150. The number of amides is 2. The van der Waals surface area contributed by atoms with E-state index in [4.69, 9.17) is 0 Å². The fourth-order valence-electron chi connectivity index (χ4n) is 5.07. The Hall–Kier alpha value is -2.12. The Balaban J connectivity index is 1.45. The van der Waals surface area contributed by atoms with Crippen LogP contribution in [-0.2, 0) is 9.59 Å². The second-order valence-electron chi connectivity index (χ2n) is 8.75. The topological polar surface area (TPSA) is 76.1 Å². The SMILES string of the molecule is Cc1ccccc1N1CCN(C(=O)[C@@H]2[C@@H](C(=O)NO)CC3(CC3)CN2C)CC1. The van der Waals surface area contributed by atoms with Crippen molar-refractivity contribution in [2.45, 2.75) is 32.2 Å². The van der Waals surface area contributed by atoms with Gasteiger partial charge in [0.05, 0.1) is 5.92 Å². The minimum Gasteiger partial charge on any atom is -0.368 e. The van der Waals surface area contributed by atoms with Crippen molar-refractivity contribution in [2.24, 2.45) is 11.3 Å². The van der Waals surface area contributed by atoms with E-state index in [0.29, 0.717) is 19.5 Å². The number of likely N-dealkylation sites (tertiary alicyclic amines) is 1. The van der Waals surface area contributed by atoms with E-state index in [1.54, 1.807) is 5.48 Å². The summed E-state index contributed by atoms with van der Waals surface area (Å²) in [5.41, 5.74) is 4.42. The van der Waals surface area contributed by atoms with Gasteiger partial charge < -0.3 is 9.80 Å². The van der Waals surface area contributed by atoms with Gasteiger partial charge in [0.1, 0.15) is 6.04 Å². The first kappa shape index (κ1) is 19.2. The number of hydrogen-bond donors (Lipinski definition) is 2. The van der Waals surface area contributed by atoms with Gasteiger partial charge in [-0.25, -0.2) is 5.48 Å². The fourth-order valence-corrected chi connectivity index (χ4v) is 5.07. The molecule has 28 heavy (non-hydrogen) atoms. The van der Waals surface area contributed by atoms with Gasteiger partial charge in [-0.1, -0.05) is 18.2 Å². The maximum atomic E-state index is 13.3. The minimum atomic E-state index is -0.497. The van der Waals surface area contributed by atoms with Gasteiger partial charge in [-0.15, -0.1) is 0 Å². The molecule has 2 heterocycles. The van der Waals surface area contributed by atoms with Gasteiger partial charge in [-0.3, -0.25) is 19.7 Å². The summed E-state index contributed by atoms with van der Waals surface area (Å²) < 4.78 is 0. The molecule has 152 valence electrons. The van der Waals surface area contributed by atoms with Crippen molar-refractivity contribution in [1.29, 1.82) is 0 Å². The van der Waals surface area contributed by atoms with Gasteiger partial charge in [-0.2, -0.15) is 0 Å². The molecule has 3 fully saturated rings. The van der Waals surface area contributed by atoms with E-state index >= 15 is 0 Å². The van der Waals surface area contributed by atoms with Crippen molar-refractivity contribution in [3.8, 4) is 0 Å². The smallest absolute Gasteiger partial charge is 0.248 e. The Morgan fingerprint density at radius 1 is 1.14 bits per heavy atom. The van der Waals surface area contributed by atoms with Crippen LogP contribution in [0.5, 0.6) is 0 Å². The average Bonchev–Trinajstić information content (AvgIpc) is 3.45. The van der Waals surface area contributed by atoms with Crippen LogP contribution in [0.15, 0.2) is 24.3 Å². The zero-order chi connectivity index (χ0) is 19.9. The van der Waals surface area contributed by atoms with E-state index in [9.17, 15) is 14.8 Å². The van der Waals surface area contributed by atoms with Gasteiger partial charge >= 0.3 is 0 Å². The molecule has 3 aliphatic rings. The number of carbonyl (C=O) groups excluding carboxylic acids is 2. The van der Waals surface area contributed by atoms with Crippen molar-refractivity contribution in [2.75, 3.05) is 44.7 Å². The van der Waals surface area contributed by atoms with Crippen LogP contribution < -0.4 is 10.4 Å². The number of hydroxylamine groups is 1. The van der Waals surface area contributed by atoms with Crippen LogP contribution in [0.3, 0.4) is 0 Å². The lowest BCUT2D eigenvalue weighted by Crippen LogP contribution is -2.61. The third-order valence-electron chi connectivity index (χ3n) is 6.80. The first-order chi connectivity index (χ1) is 13.4. The van der Waals surface area contributed by atoms with E-state index in [0.717, 1.165) is 32.5 Å². The maximum Gasteiger partial charge on any atom is 0.248 e. The summed E-state index contributed by atoms with van der Waals surface area (Å²) in [6.07, 6.45) is 2.88. The minimum absolute atomic E-state index is 0.0102. The second-order valence-corrected chi connectivity index (χ2v) is 8.75. The van der Waals surface area contributed by atoms with E-state index in [-0.39, 0.29) is 11.3 Å². The van der Waals surface area contributed by atoms with E-state index in [1.807, 2.05) is 29.0 Å². The standard InChI is InChI=1S/C21H30N4O3/c1-15-5-3-4-6-17(15)24-9-11-25(12-10-24)20(27)18-16(19(26)22-28)13-21(7-8-21)14-23(18)2/h3-6,16,18,28H,7-14H2,1-2H3,(H,22,26)/t16-,18-/m0/s1. The predicted molar refractivity (Wildman–Crippen MR) is 106 cm³/mol. The van der Waals surface area contributed by atoms with Gasteiger partial charge in [0.2, 0.25) is 11.8 Å². The van der Waals surface area contributed by atoms with Crippen LogP contribution in [0.4, 0.5) is 5.69 Å². The predicted octanol–water partition coefficient (Wildman–Crippen LogP) is 1.25. The van der Waals surface area contributed by atoms with E-state index in [2.05, 4.69) is 24.0 Å². The van der Waals surface area contributed by atoms with Crippen LogP contribution in [0.25, 0.3) is 0 Å². The first-order valence-corrected chi connectivity index (χ1v) is 10.2. The number of nitrogens with zero attached hydrogens (tertiary/aromatic N) is 3. The number of likely N-dealkylation sites (N-methyl/N-ethyl adjacent to an activating group) is 1. The molecule has 0 radical (unpaired) electrons. The molecular weight excluding hydrogens is 356 g/mol. The quantitative estimate of drug-likeness (QED) is 0.604. The molecule has 7 nitrogen and oxygen atoms in total. The molecule has 0 unspecified atom stereocenters. The molecule has 4 rings (SSSR count). The lowest BCUT2D eigenvalue weighted by Gasteiger charge is -2.45. The summed E-state index contributed by atoms with van der Waals surface area (Å²) in [5.74, 6) is -0.918. The number of aryl methyl sites for hydroxylation is 1. The summed E-state index contributed by atoms with van der Waals surface area (Å²) in [6.45, 7) is 5.82. The van der Waals surface area contributed by atoms with Gasteiger partial charge in [0.25, 0.3) is 0 Å². The Morgan fingerprint density at radius 2 is 1.82 bits per heavy atom. The summed E-state index contributed by atoms with van der Waals surface area (Å²) in [5, 5.41) is 9.21. The van der Waals surface area contributed by atoms with Crippen molar-refractivity contribution in [3.63, 3.8) is 0 Å². The van der Waals surface area contributed by atoms with Crippen LogP contribution in [0, 0.1) is 18.3 Å². The molecule has 0 bridgehead atoms. The molecule has 7 heteroatoms. The van der Waals surface area contributed by atoms with Crippen LogP contribution in [-0.4, -0.2) is 72.6 Å². The molecule has 2 atom stereocenters. The summed E-state index contributed by atoms with van der Waals surface area (Å²) >= 11 is 0. The molecule has 1 saturated carbocycles. The van der Waals surface area contributed by atoms with Crippen LogP contribution >= 0.6 is 0 Å². The number of benzene rings is 1. The van der Waals surface area contributed by atoms with Crippen molar-refractivity contribution >= 4 is 17.5 Å². The number of anilines is 1. The van der Waals surface area contributed by atoms with Crippen LogP contribution in [0.2, 0.25) is 0 Å². The maximum absolute atomic E-state index is 13.3. The Morgan fingerprint density at radius 3 is 2.43 bits per heavy atom. The lowest BCUT2D eigenvalue weighted by atomic mass is 9.80. The van der Waals surface area contributed by atoms with Gasteiger partial charge in [-0.05, 0) is 50.3 Å². The molecular formula is C21H30N4O3. The van der Waals surface area contributed by atoms with Crippen LogP contribution in [0.1, 0.15) is 24.8 Å². The highest BCUT2D eigenvalue weighted by molar-refractivity contribution is 5.90. The molecule has 1 spiro atoms. The number of nitrogens with one attached hydrogen (secondary N) is 1. The highest BCUT2D eigenvalue weighted by atomic mass is 16.5. The molecule has 1 aromatic rings. The summed E-state index contributed by atoms with van der Waals surface area (Å²) in [7, 11) is 1.93. The monoisotopic (exact) mass is 386 g/mol. The number of piperidine rings is 1. The molecule has 2 N–H and O–H groups in total. The van der Waals surface area contributed by atoms with E-state index < -0.39 is 17.9 Å². The Bertz CT molecular complexity index is 756. The summed E-state index contributed by atoms with van der Waals surface area (Å²) in [6, 6.07) is 7.82. The molecule has 1 aromatic carbocycles. The van der Waals surface area contributed by atoms with Crippen molar-refractivity contribution in [1.82, 2.24) is 15.3 Å². The first-order valence-electron chi connectivity index (χ1n) is 10.2. The molecule has 2 saturated heterocycles. The highest BCUT2D eigenvalue weighted by Gasteiger charge is 2.55. The van der Waals surface area contributed by atoms with Crippen molar-refractivity contribution < 1.29 is 14.8 Å². The third-order valence-corrected chi connectivity index (χ3v) is 6.80. The zero-order valence-electron chi connectivity index (χ0n) is 16.7. The number of carbonyl (C=O) groups is 2. The fraction of sp³-hybridized carbons (Fsp3) is 0.619. The normalized spacial score (nSPS) is 27.0. The van der Waals surface area contributed by atoms with Gasteiger partial charge in [0, 0.05) is 38.4 Å². The average molecular weight is 386 g/mol. The molecule has 2 amide bonds. The molecule has 2 aliphatic heterocycles. The Kier molecular flexibility index (Phi) is 5.05. The second kappa shape index (κ2) is 7.37. The van der Waals surface area contributed by atoms with Gasteiger partial charge in [0.15, 0.2) is 0 Å². The molecule has 0 aromatic heterocycles. The Labute approximate surface area is 166 Å². The number of piperazine rings is 1.